The van der Waals surface area contributed by atoms with E-state index in [0.717, 1.165) is 42.9 Å². The fourth-order valence-electron chi connectivity index (χ4n) is 7.90. The Labute approximate surface area is 141 Å². The van der Waals surface area contributed by atoms with Crippen LogP contribution in [0.2, 0.25) is 0 Å². The largest absolute Gasteiger partial charge is 0.393 e. The van der Waals surface area contributed by atoms with Crippen molar-refractivity contribution in [2.75, 3.05) is 0 Å². The zero-order chi connectivity index (χ0) is 16.4. The number of aliphatic hydroxyl groups is 1. The van der Waals surface area contributed by atoms with Crippen molar-refractivity contribution in [3.8, 4) is 0 Å². The number of aliphatic hydroxyl groups excluding tert-OH is 1. The molecule has 0 radical (unpaired) electrons. The number of hydrogen-bond acceptors (Lipinski definition) is 2. The van der Waals surface area contributed by atoms with Gasteiger partial charge in [0.15, 0.2) is 0 Å². The Morgan fingerprint density at radius 2 is 1.61 bits per heavy atom. The SMILES string of the molecule is CC(=O)C1CC[C@H]2[C@@H]3CC[C@@H]4C[C@@H](O)CC[C@]4(C)[C@H]3CC[C@]12C. The third-order valence-corrected chi connectivity index (χ3v) is 9.13. The van der Waals surface area contributed by atoms with Crippen molar-refractivity contribution >= 4 is 5.78 Å². The molecule has 1 unspecified atom stereocenters. The van der Waals surface area contributed by atoms with Crippen molar-refractivity contribution in [1.29, 1.82) is 0 Å². The van der Waals surface area contributed by atoms with E-state index in [9.17, 15) is 9.90 Å². The molecule has 130 valence electrons. The second-order valence-electron chi connectivity index (χ2n) is 9.87. The molecule has 0 amide bonds. The Morgan fingerprint density at radius 3 is 2.35 bits per heavy atom. The van der Waals surface area contributed by atoms with Crippen LogP contribution in [0.1, 0.15) is 78.6 Å². The quantitative estimate of drug-likeness (QED) is 0.767. The average Bonchev–Trinajstić information content (AvgIpc) is 2.85. The van der Waals surface area contributed by atoms with E-state index in [2.05, 4.69) is 13.8 Å². The van der Waals surface area contributed by atoms with Crippen molar-refractivity contribution in [2.24, 2.45) is 40.4 Å². The van der Waals surface area contributed by atoms with Gasteiger partial charge < -0.3 is 5.11 Å². The summed E-state index contributed by atoms with van der Waals surface area (Å²) in [4.78, 5) is 12.2. The Kier molecular flexibility index (Phi) is 3.72. The third-order valence-electron chi connectivity index (χ3n) is 9.13. The smallest absolute Gasteiger partial charge is 0.133 e. The van der Waals surface area contributed by atoms with E-state index < -0.39 is 0 Å². The van der Waals surface area contributed by atoms with Gasteiger partial charge in [0.1, 0.15) is 5.78 Å². The van der Waals surface area contributed by atoms with Crippen molar-refractivity contribution in [3.63, 3.8) is 0 Å². The summed E-state index contributed by atoms with van der Waals surface area (Å²) < 4.78 is 0. The molecule has 4 aliphatic carbocycles. The van der Waals surface area contributed by atoms with E-state index in [1.54, 1.807) is 0 Å². The van der Waals surface area contributed by atoms with E-state index in [4.69, 9.17) is 0 Å². The highest BCUT2D eigenvalue weighted by molar-refractivity contribution is 5.79. The maximum atomic E-state index is 12.2. The number of carbonyl (C=O) groups is 1. The molecule has 2 nitrogen and oxygen atoms in total. The Bertz CT molecular complexity index is 500. The standard InChI is InChI=1S/C21H34O2/c1-13(22)17-6-7-18-16-5-4-14-12-15(23)8-10-20(14,2)19(16)9-11-21(17,18)3/h14-19,23H,4-12H2,1-3H3/t14-,15+,16+,17?,18+,19+,20+,21-/m1/s1. The molecule has 0 aromatic carbocycles. The summed E-state index contributed by atoms with van der Waals surface area (Å²) in [7, 11) is 0. The molecule has 8 atom stereocenters. The Balaban J connectivity index is 1.61. The highest BCUT2D eigenvalue weighted by Gasteiger charge is 2.60. The summed E-state index contributed by atoms with van der Waals surface area (Å²) in [5.41, 5.74) is 0.738. The lowest BCUT2D eigenvalue weighted by Crippen LogP contribution is -2.54. The number of hydrogen-bond donors (Lipinski definition) is 1. The minimum Gasteiger partial charge on any atom is -0.393 e. The molecular formula is C21H34O2. The van der Waals surface area contributed by atoms with Crippen LogP contribution < -0.4 is 0 Å². The molecule has 0 aromatic heterocycles. The highest BCUT2D eigenvalue weighted by atomic mass is 16.3. The maximum absolute atomic E-state index is 12.2. The van der Waals surface area contributed by atoms with E-state index in [1.165, 1.54) is 38.5 Å². The van der Waals surface area contributed by atoms with E-state index in [-0.39, 0.29) is 11.5 Å². The van der Waals surface area contributed by atoms with Gasteiger partial charge in [0.2, 0.25) is 0 Å². The molecule has 4 fully saturated rings. The summed E-state index contributed by atoms with van der Waals surface area (Å²) in [6.07, 6.45) is 10.9. The molecule has 0 bridgehead atoms. The van der Waals surface area contributed by atoms with Gasteiger partial charge in [-0.2, -0.15) is 0 Å². The van der Waals surface area contributed by atoms with E-state index >= 15 is 0 Å². The van der Waals surface area contributed by atoms with Gasteiger partial charge in [-0.1, -0.05) is 13.8 Å². The van der Waals surface area contributed by atoms with Crippen LogP contribution in [0, 0.1) is 40.4 Å². The lowest BCUT2D eigenvalue weighted by atomic mass is 9.44. The lowest BCUT2D eigenvalue weighted by molar-refractivity contribution is -0.138. The molecule has 4 aliphatic rings. The molecule has 2 heteroatoms. The summed E-state index contributed by atoms with van der Waals surface area (Å²) in [6, 6.07) is 0. The van der Waals surface area contributed by atoms with Gasteiger partial charge >= 0.3 is 0 Å². The van der Waals surface area contributed by atoms with Crippen LogP contribution in [0.15, 0.2) is 0 Å². The number of rotatable bonds is 1. The molecule has 23 heavy (non-hydrogen) atoms. The van der Waals surface area contributed by atoms with Gasteiger partial charge in [-0.3, -0.25) is 4.79 Å². The van der Waals surface area contributed by atoms with Crippen LogP contribution in [-0.2, 0) is 4.79 Å². The van der Waals surface area contributed by atoms with E-state index in [0.29, 0.717) is 17.1 Å². The molecule has 0 aliphatic heterocycles. The van der Waals surface area contributed by atoms with Crippen molar-refractivity contribution < 1.29 is 9.90 Å². The minimum atomic E-state index is -0.0490. The van der Waals surface area contributed by atoms with Gasteiger partial charge in [-0.15, -0.1) is 0 Å². The Hall–Kier alpha value is -0.370. The monoisotopic (exact) mass is 318 g/mol. The van der Waals surface area contributed by atoms with Gasteiger partial charge in [0, 0.05) is 5.92 Å². The molecular weight excluding hydrogens is 284 g/mol. The zero-order valence-corrected chi connectivity index (χ0v) is 15.2. The fourth-order valence-corrected chi connectivity index (χ4v) is 7.90. The molecule has 0 saturated heterocycles. The van der Waals surface area contributed by atoms with Gasteiger partial charge in [0.05, 0.1) is 6.10 Å². The van der Waals surface area contributed by atoms with Crippen LogP contribution in [0.3, 0.4) is 0 Å². The normalized spacial score (nSPS) is 55.7. The highest BCUT2D eigenvalue weighted by Crippen LogP contribution is 2.67. The first kappa shape index (κ1) is 16.1. The fraction of sp³-hybridized carbons (Fsp3) is 0.952. The first-order chi connectivity index (χ1) is 10.9. The summed E-state index contributed by atoms with van der Waals surface area (Å²) in [5.74, 6) is 3.97. The molecule has 0 aromatic rings. The number of ketones is 1. The predicted octanol–water partition coefficient (Wildman–Crippen LogP) is 4.60. The third kappa shape index (κ3) is 2.19. The molecule has 4 saturated carbocycles. The number of Topliss-reactive ketones (excluding diaryl/α,β-unsaturated/α-hetero) is 1. The molecule has 0 spiro atoms. The maximum Gasteiger partial charge on any atom is 0.133 e. The molecule has 1 N–H and O–H groups in total. The minimum absolute atomic E-state index is 0.0490. The Morgan fingerprint density at radius 1 is 0.913 bits per heavy atom. The van der Waals surface area contributed by atoms with Crippen LogP contribution in [0.5, 0.6) is 0 Å². The topological polar surface area (TPSA) is 37.3 Å². The van der Waals surface area contributed by atoms with Crippen LogP contribution >= 0.6 is 0 Å². The van der Waals surface area contributed by atoms with Gasteiger partial charge in [0.25, 0.3) is 0 Å². The van der Waals surface area contributed by atoms with Crippen LogP contribution in [0.25, 0.3) is 0 Å². The summed E-state index contributed by atoms with van der Waals surface area (Å²) >= 11 is 0. The summed E-state index contributed by atoms with van der Waals surface area (Å²) in [6.45, 7) is 6.80. The molecule has 4 rings (SSSR count). The van der Waals surface area contributed by atoms with Gasteiger partial charge in [-0.25, -0.2) is 0 Å². The first-order valence-electron chi connectivity index (χ1n) is 10.0. The van der Waals surface area contributed by atoms with Gasteiger partial charge in [-0.05, 0) is 99.2 Å². The molecule has 0 heterocycles. The average molecular weight is 319 g/mol. The van der Waals surface area contributed by atoms with Crippen LogP contribution in [-0.4, -0.2) is 17.0 Å². The van der Waals surface area contributed by atoms with Crippen molar-refractivity contribution in [3.05, 3.63) is 0 Å². The van der Waals surface area contributed by atoms with Crippen molar-refractivity contribution in [1.82, 2.24) is 0 Å². The van der Waals surface area contributed by atoms with Crippen LogP contribution in [0.4, 0.5) is 0 Å². The number of carbonyl (C=O) groups excluding carboxylic acids is 1. The second kappa shape index (κ2) is 5.31. The summed E-state index contributed by atoms with van der Waals surface area (Å²) in [5, 5.41) is 10.1. The lowest BCUT2D eigenvalue weighted by Gasteiger charge is -2.60. The second-order valence-corrected chi connectivity index (χ2v) is 9.87. The van der Waals surface area contributed by atoms with E-state index in [1.807, 2.05) is 6.92 Å². The first-order valence-corrected chi connectivity index (χ1v) is 10.0. The number of fused-ring (bicyclic) bond motifs is 5. The predicted molar refractivity (Wildman–Crippen MR) is 91.9 cm³/mol. The van der Waals surface area contributed by atoms with Crippen molar-refractivity contribution in [2.45, 2.75) is 84.7 Å². The zero-order valence-electron chi connectivity index (χ0n) is 15.2.